The van der Waals surface area contributed by atoms with Gasteiger partial charge in [-0.25, -0.2) is 4.39 Å². The fraction of sp³-hybridized carbons (Fsp3) is 0.250. The molecule has 0 aliphatic carbocycles. The van der Waals surface area contributed by atoms with Crippen LogP contribution >= 0.6 is 27.5 Å². The normalized spacial score (nSPS) is 12.4. The molecule has 0 bridgehead atoms. The Morgan fingerprint density at radius 1 is 1.25 bits per heavy atom. The van der Waals surface area contributed by atoms with Crippen molar-refractivity contribution in [2.75, 3.05) is 6.54 Å². The lowest BCUT2D eigenvalue weighted by Gasteiger charge is -2.20. The Labute approximate surface area is 132 Å². The van der Waals surface area contributed by atoms with E-state index in [2.05, 4.69) is 21.2 Å². The minimum absolute atomic E-state index is 0.0449. The van der Waals surface area contributed by atoms with Gasteiger partial charge in [0.1, 0.15) is 5.82 Å². The van der Waals surface area contributed by atoms with Crippen molar-refractivity contribution < 1.29 is 4.39 Å². The third-order valence-corrected chi connectivity index (χ3v) is 4.07. The molecule has 1 atom stereocenters. The lowest BCUT2D eigenvalue weighted by molar-refractivity contribution is 0.540. The molecule has 1 nitrogen and oxygen atoms in total. The molecule has 0 aromatic heterocycles. The first-order chi connectivity index (χ1) is 9.60. The Morgan fingerprint density at radius 3 is 2.75 bits per heavy atom. The summed E-state index contributed by atoms with van der Waals surface area (Å²) < 4.78 is 14.4. The van der Waals surface area contributed by atoms with Gasteiger partial charge in [-0.2, -0.15) is 0 Å². The summed E-state index contributed by atoms with van der Waals surface area (Å²) in [5, 5.41) is 4.11. The topological polar surface area (TPSA) is 12.0 Å². The zero-order valence-corrected chi connectivity index (χ0v) is 13.5. The fourth-order valence-electron chi connectivity index (χ4n) is 2.22. The highest BCUT2D eigenvalue weighted by molar-refractivity contribution is 9.10. The molecule has 0 aliphatic rings. The van der Waals surface area contributed by atoms with E-state index in [1.807, 2.05) is 31.2 Å². The predicted molar refractivity (Wildman–Crippen MR) is 85.7 cm³/mol. The van der Waals surface area contributed by atoms with Gasteiger partial charge in [0.05, 0.1) is 0 Å². The molecule has 0 aliphatic heterocycles. The van der Waals surface area contributed by atoms with E-state index in [0.29, 0.717) is 0 Å². The summed E-state index contributed by atoms with van der Waals surface area (Å²) >= 11 is 9.51. The maximum absolute atomic E-state index is 13.5. The smallest absolute Gasteiger partial charge is 0.123 e. The summed E-state index contributed by atoms with van der Waals surface area (Å²) in [6.07, 6.45) is 0.760. The Morgan fingerprint density at radius 2 is 2.05 bits per heavy atom. The second-order valence-electron chi connectivity index (χ2n) is 4.61. The zero-order valence-electron chi connectivity index (χ0n) is 11.2. The van der Waals surface area contributed by atoms with Crippen molar-refractivity contribution in [2.24, 2.45) is 0 Å². The summed E-state index contributed by atoms with van der Waals surface area (Å²) in [6, 6.07) is 12.6. The Hall–Kier alpha value is -0.900. The number of benzene rings is 2. The van der Waals surface area contributed by atoms with Crippen LogP contribution in [-0.4, -0.2) is 6.54 Å². The highest BCUT2D eigenvalue weighted by Gasteiger charge is 2.15. The number of hydrogen-bond acceptors (Lipinski definition) is 1. The molecular formula is C16H16BrClFN. The Balaban J connectivity index is 2.29. The number of nitrogens with one attached hydrogen (secondary N) is 1. The van der Waals surface area contributed by atoms with Crippen LogP contribution in [0.3, 0.4) is 0 Å². The summed E-state index contributed by atoms with van der Waals surface area (Å²) in [7, 11) is 0. The second kappa shape index (κ2) is 7.21. The maximum atomic E-state index is 13.5. The average Bonchev–Trinajstić information content (AvgIpc) is 2.41. The van der Waals surface area contributed by atoms with Crippen molar-refractivity contribution in [1.29, 1.82) is 0 Å². The molecule has 0 amide bonds. The molecule has 0 fully saturated rings. The van der Waals surface area contributed by atoms with Crippen molar-refractivity contribution in [2.45, 2.75) is 19.4 Å². The van der Waals surface area contributed by atoms with Gasteiger partial charge in [0.15, 0.2) is 0 Å². The van der Waals surface area contributed by atoms with Crippen LogP contribution in [0.5, 0.6) is 0 Å². The third-order valence-electron chi connectivity index (χ3n) is 3.11. The van der Waals surface area contributed by atoms with Gasteiger partial charge in [0.25, 0.3) is 0 Å². The monoisotopic (exact) mass is 355 g/mol. The highest BCUT2D eigenvalue weighted by Crippen LogP contribution is 2.27. The molecule has 4 heteroatoms. The average molecular weight is 357 g/mol. The number of likely N-dealkylation sites (N-methyl/N-ethyl adjacent to an activating group) is 1. The van der Waals surface area contributed by atoms with Gasteiger partial charge >= 0.3 is 0 Å². The van der Waals surface area contributed by atoms with E-state index in [1.165, 1.54) is 6.07 Å². The van der Waals surface area contributed by atoms with E-state index < -0.39 is 0 Å². The summed E-state index contributed by atoms with van der Waals surface area (Å²) in [4.78, 5) is 0. The first kappa shape index (κ1) is 15.5. The third kappa shape index (κ3) is 4.05. The van der Waals surface area contributed by atoms with Crippen LogP contribution in [0.25, 0.3) is 0 Å². The lowest BCUT2D eigenvalue weighted by atomic mass is 9.98. The molecule has 0 radical (unpaired) electrons. The zero-order chi connectivity index (χ0) is 14.5. The first-order valence-electron chi connectivity index (χ1n) is 6.53. The van der Waals surface area contributed by atoms with Crippen molar-refractivity contribution in [3.8, 4) is 0 Å². The molecule has 1 unspecified atom stereocenters. The van der Waals surface area contributed by atoms with Crippen molar-refractivity contribution in [1.82, 2.24) is 5.32 Å². The highest BCUT2D eigenvalue weighted by atomic mass is 79.9. The van der Waals surface area contributed by atoms with Gasteiger partial charge in [-0.05, 0) is 54.4 Å². The van der Waals surface area contributed by atoms with Crippen LogP contribution in [-0.2, 0) is 6.42 Å². The number of hydrogen-bond donors (Lipinski definition) is 1. The van der Waals surface area contributed by atoms with Crippen molar-refractivity contribution in [3.63, 3.8) is 0 Å². The fourth-order valence-corrected chi connectivity index (χ4v) is 2.96. The van der Waals surface area contributed by atoms with Gasteiger partial charge in [-0.3, -0.25) is 0 Å². The van der Waals surface area contributed by atoms with E-state index in [1.54, 1.807) is 12.1 Å². The van der Waals surface area contributed by atoms with E-state index in [9.17, 15) is 4.39 Å². The minimum Gasteiger partial charge on any atom is -0.310 e. The summed E-state index contributed by atoms with van der Waals surface area (Å²) in [5.74, 6) is -0.225. The lowest BCUT2D eigenvalue weighted by Crippen LogP contribution is -2.23. The maximum Gasteiger partial charge on any atom is 0.123 e. The van der Waals surface area contributed by atoms with Gasteiger partial charge in [-0.1, -0.05) is 46.6 Å². The van der Waals surface area contributed by atoms with E-state index in [0.717, 1.165) is 33.6 Å². The quantitative estimate of drug-likeness (QED) is 0.782. The van der Waals surface area contributed by atoms with Gasteiger partial charge in [0, 0.05) is 15.5 Å². The standard InChI is InChI=1S/C16H16BrClFN/c1-2-20-16(9-11-4-3-5-12(18)8-11)14-10-13(19)6-7-15(14)17/h3-8,10,16,20H,2,9H2,1H3. The van der Waals surface area contributed by atoms with Crippen LogP contribution in [0.1, 0.15) is 24.1 Å². The van der Waals surface area contributed by atoms with Crippen LogP contribution in [0, 0.1) is 5.82 Å². The first-order valence-corrected chi connectivity index (χ1v) is 7.70. The van der Waals surface area contributed by atoms with Gasteiger partial charge < -0.3 is 5.32 Å². The van der Waals surface area contributed by atoms with Crippen LogP contribution in [0.15, 0.2) is 46.9 Å². The number of rotatable bonds is 5. The van der Waals surface area contributed by atoms with E-state index in [4.69, 9.17) is 11.6 Å². The van der Waals surface area contributed by atoms with Gasteiger partial charge in [-0.15, -0.1) is 0 Å². The number of halogens is 3. The minimum atomic E-state index is -0.225. The molecule has 2 aromatic rings. The van der Waals surface area contributed by atoms with Crippen LogP contribution < -0.4 is 5.32 Å². The molecule has 0 heterocycles. The molecule has 20 heavy (non-hydrogen) atoms. The van der Waals surface area contributed by atoms with Crippen LogP contribution in [0.2, 0.25) is 5.02 Å². The summed E-state index contributed by atoms with van der Waals surface area (Å²) in [5.41, 5.74) is 2.05. The second-order valence-corrected chi connectivity index (χ2v) is 5.90. The Bertz CT molecular complexity index is 588. The molecular weight excluding hydrogens is 341 g/mol. The largest absolute Gasteiger partial charge is 0.310 e. The summed E-state index contributed by atoms with van der Waals surface area (Å²) in [6.45, 7) is 2.85. The van der Waals surface area contributed by atoms with Gasteiger partial charge in [0.2, 0.25) is 0 Å². The van der Waals surface area contributed by atoms with E-state index >= 15 is 0 Å². The molecule has 2 aromatic carbocycles. The molecule has 2 rings (SSSR count). The van der Waals surface area contributed by atoms with Crippen LogP contribution in [0.4, 0.5) is 4.39 Å². The Kier molecular flexibility index (Phi) is 5.58. The van der Waals surface area contributed by atoms with Crippen molar-refractivity contribution in [3.05, 3.63) is 68.9 Å². The molecule has 106 valence electrons. The predicted octanol–water partition coefficient (Wildman–Crippen LogP) is 5.13. The molecule has 1 N–H and O–H groups in total. The molecule has 0 saturated carbocycles. The van der Waals surface area contributed by atoms with E-state index in [-0.39, 0.29) is 11.9 Å². The molecule has 0 spiro atoms. The SMILES string of the molecule is CCNC(Cc1cccc(Cl)c1)c1cc(F)ccc1Br. The van der Waals surface area contributed by atoms with Crippen molar-refractivity contribution >= 4 is 27.5 Å². The molecule has 0 saturated heterocycles.